The molecule has 0 radical (unpaired) electrons. The van der Waals surface area contributed by atoms with E-state index in [1.807, 2.05) is 20.8 Å². The molecular weight excluding hydrogens is 528 g/mol. The highest BCUT2D eigenvalue weighted by atomic mass is 16.2. The molecule has 0 aromatic carbocycles. The van der Waals surface area contributed by atoms with Gasteiger partial charge in [0, 0.05) is 19.6 Å². The minimum absolute atomic E-state index is 0.0218. The van der Waals surface area contributed by atoms with Gasteiger partial charge in [-0.05, 0) is 56.3 Å². The highest BCUT2D eigenvalue weighted by molar-refractivity contribution is 6.38. The number of amides is 6. The third-order valence-corrected chi connectivity index (χ3v) is 8.34. The molecule has 41 heavy (non-hydrogen) atoms. The lowest BCUT2D eigenvalue weighted by molar-refractivity contribution is -0.139. The van der Waals surface area contributed by atoms with Crippen LogP contribution in [-0.2, 0) is 24.0 Å². The van der Waals surface area contributed by atoms with E-state index in [0.717, 1.165) is 44.9 Å². The molecule has 0 spiro atoms. The normalized spacial score (nSPS) is 21.7. The quantitative estimate of drug-likeness (QED) is 0.231. The van der Waals surface area contributed by atoms with Crippen molar-refractivity contribution in [3.8, 4) is 0 Å². The summed E-state index contributed by atoms with van der Waals surface area (Å²) < 4.78 is 0. The van der Waals surface area contributed by atoms with Crippen molar-refractivity contribution in [3.63, 3.8) is 0 Å². The van der Waals surface area contributed by atoms with Crippen LogP contribution in [0.1, 0.15) is 91.9 Å². The van der Waals surface area contributed by atoms with Crippen molar-refractivity contribution in [2.75, 3.05) is 13.6 Å². The maximum Gasteiger partial charge on any atom is 0.318 e. The van der Waals surface area contributed by atoms with Crippen LogP contribution in [0.4, 0.5) is 4.79 Å². The molecule has 3 aliphatic rings. The molecule has 12 nitrogen and oxygen atoms in total. The molecule has 5 N–H and O–H groups in total. The smallest absolute Gasteiger partial charge is 0.318 e. The lowest BCUT2D eigenvalue weighted by atomic mass is 9.82. The number of carbonyl (C=O) groups excluding carboxylic acids is 6. The average Bonchev–Trinajstić information content (AvgIpc) is 3.62. The van der Waals surface area contributed by atoms with Crippen molar-refractivity contribution in [3.05, 3.63) is 0 Å². The van der Waals surface area contributed by atoms with E-state index in [9.17, 15) is 28.8 Å². The molecule has 0 bridgehead atoms. The second-order valence-corrected chi connectivity index (χ2v) is 12.7. The van der Waals surface area contributed by atoms with Crippen LogP contribution in [0.15, 0.2) is 0 Å². The van der Waals surface area contributed by atoms with Crippen LogP contribution in [0.25, 0.3) is 0 Å². The first-order chi connectivity index (χ1) is 19.4. The summed E-state index contributed by atoms with van der Waals surface area (Å²) in [5.41, 5.74) is -0.681. The summed E-state index contributed by atoms with van der Waals surface area (Å²) in [6.45, 7) is 7.49. The van der Waals surface area contributed by atoms with Crippen LogP contribution in [-0.4, -0.2) is 84.1 Å². The second kappa shape index (κ2) is 14.1. The van der Waals surface area contributed by atoms with Gasteiger partial charge >= 0.3 is 6.03 Å². The van der Waals surface area contributed by atoms with E-state index < -0.39 is 59.1 Å². The summed E-state index contributed by atoms with van der Waals surface area (Å²) in [6.07, 6.45) is 7.69. The lowest BCUT2D eigenvalue weighted by Crippen LogP contribution is -2.61. The van der Waals surface area contributed by atoms with E-state index >= 15 is 0 Å². The minimum Gasteiger partial charge on any atom is -0.357 e. The summed E-state index contributed by atoms with van der Waals surface area (Å²) in [7, 11) is 1.54. The maximum absolute atomic E-state index is 13.6. The van der Waals surface area contributed by atoms with Crippen LogP contribution in [0.2, 0.25) is 0 Å². The average molecular weight is 577 g/mol. The fraction of sp³-hybridized carbons (Fsp3) is 0.793. The minimum atomic E-state index is -1.000. The Labute approximate surface area is 242 Å². The van der Waals surface area contributed by atoms with Gasteiger partial charge in [0.2, 0.25) is 23.5 Å². The van der Waals surface area contributed by atoms with Gasteiger partial charge in [-0.1, -0.05) is 47.0 Å². The van der Waals surface area contributed by atoms with Crippen LogP contribution in [0.5, 0.6) is 0 Å². The zero-order chi connectivity index (χ0) is 30.3. The molecule has 1 saturated heterocycles. The fourth-order valence-corrected chi connectivity index (χ4v) is 5.68. The highest BCUT2D eigenvalue weighted by Crippen LogP contribution is 2.28. The van der Waals surface area contributed by atoms with Crippen molar-refractivity contribution < 1.29 is 28.8 Å². The second-order valence-electron chi connectivity index (χ2n) is 12.7. The van der Waals surface area contributed by atoms with Crippen molar-refractivity contribution in [2.24, 2.45) is 11.3 Å². The zero-order valence-corrected chi connectivity index (χ0v) is 25.1. The van der Waals surface area contributed by atoms with Gasteiger partial charge in [0.05, 0.1) is 6.04 Å². The molecule has 0 unspecified atom stereocenters. The Bertz CT molecular complexity index is 1000. The molecule has 3 fully saturated rings. The number of likely N-dealkylation sites (N-methyl/N-ethyl adjacent to an activating group) is 1. The Balaban J connectivity index is 1.67. The number of hydrogen-bond donors (Lipinski definition) is 5. The van der Waals surface area contributed by atoms with Gasteiger partial charge < -0.3 is 31.5 Å². The Morgan fingerprint density at radius 3 is 2.05 bits per heavy atom. The summed E-state index contributed by atoms with van der Waals surface area (Å²) in [5.74, 6) is -2.57. The third kappa shape index (κ3) is 8.65. The maximum atomic E-state index is 13.6. The summed E-state index contributed by atoms with van der Waals surface area (Å²) in [5, 5.41) is 13.7. The molecular formula is C29H48N6O6. The number of Topliss-reactive ketones (excluding diaryl/α,β-unsaturated/α-hetero) is 1. The number of urea groups is 1. The van der Waals surface area contributed by atoms with E-state index in [-0.39, 0.29) is 24.3 Å². The van der Waals surface area contributed by atoms with Crippen molar-refractivity contribution >= 4 is 35.4 Å². The fourth-order valence-electron chi connectivity index (χ4n) is 5.68. The predicted molar refractivity (Wildman–Crippen MR) is 152 cm³/mol. The topological polar surface area (TPSA) is 166 Å². The highest BCUT2D eigenvalue weighted by Gasteiger charge is 2.41. The number of hydrogen-bond acceptors (Lipinski definition) is 6. The molecule has 3 rings (SSSR count). The van der Waals surface area contributed by atoms with E-state index in [2.05, 4.69) is 26.6 Å². The Morgan fingerprint density at radius 2 is 1.49 bits per heavy atom. The van der Waals surface area contributed by atoms with Gasteiger partial charge in [0.25, 0.3) is 5.91 Å². The van der Waals surface area contributed by atoms with Crippen LogP contribution < -0.4 is 26.6 Å². The summed E-state index contributed by atoms with van der Waals surface area (Å²) >= 11 is 0. The van der Waals surface area contributed by atoms with E-state index in [0.29, 0.717) is 19.4 Å². The van der Waals surface area contributed by atoms with Gasteiger partial charge in [-0.15, -0.1) is 0 Å². The Kier molecular flexibility index (Phi) is 11.1. The van der Waals surface area contributed by atoms with Gasteiger partial charge in [0.1, 0.15) is 18.1 Å². The van der Waals surface area contributed by atoms with Gasteiger partial charge in [-0.2, -0.15) is 0 Å². The number of likely N-dealkylation sites (tertiary alicyclic amines) is 1. The first-order valence-electron chi connectivity index (χ1n) is 15.1. The molecule has 1 aliphatic heterocycles. The number of nitrogens with zero attached hydrogens (tertiary/aromatic N) is 1. The SMILES string of the molecule is CC[C@H](NC(=O)N1CCC[C@@H]1C(=O)N[C@H](C(=O)N[C@H](C(=O)NC)C1CCCCC1)C(C)(C)C)C(=O)C(=O)NC1CC1. The summed E-state index contributed by atoms with van der Waals surface area (Å²) in [6, 6.07) is -4.06. The Morgan fingerprint density at radius 1 is 0.829 bits per heavy atom. The van der Waals surface area contributed by atoms with E-state index in [1.165, 1.54) is 4.90 Å². The third-order valence-electron chi connectivity index (χ3n) is 8.34. The van der Waals surface area contributed by atoms with Crippen LogP contribution in [0.3, 0.4) is 0 Å². The zero-order valence-electron chi connectivity index (χ0n) is 25.1. The van der Waals surface area contributed by atoms with Crippen molar-refractivity contribution in [1.29, 1.82) is 0 Å². The molecule has 2 aliphatic carbocycles. The van der Waals surface area contributed by atoms with Crippen LogP contribution >= 0.6 is 0 Å². The molecule has 0 aromatic heterocycles. The molecule has 1 heterocycles. The van der Waals surface area contributed by atoms with Gasteiger partial charge in [0.15, 0.2) is 0 Å². The molecule has 2 saturated carbocycles. The largest absolute Gasteiger partial charge is 0.357 e. The number of carbonyl (C=O) groups is 6. The van der Waals surface area contributed by atoms with E-state index in [4.69, 9.17) is 0 Å². The molecule has 230 valence electrons. The summed E-state index contributed by atoms with van der Waals surface area (Å²) in [4.78, 5) is 79.1. The Hall–Kier alpha value is -3.18. The molecule has 0 aromatic rings. The lowest BCUT2D eigenvalue weighted by Gasteiger charge is -2.35. The van der Waals surface area contributed by atoms with Gasteiger partial charge in [-0.25, -0.2) is 4.79 Å². The molecule has 6 amide bonds. The first kappa shape index (κ1) is 32.3. The van der Waals surface area contributed by atoms with Crippen LogP contribution in [0, 0.1) is 11.3 Å². The van der Waals surface area contributed by atoms with E-state index in [1.54, 1.807) is 14.0 Å². The van der Waals surface area contributed by atoms with Crippen molar-refractivity contribution in [1.82, 2.24) is 31.5 Å². The molecule has 12 heteroatoms. The van der Waals surface area contributed by atoms with Crippen molar-refractivity contribution in [2.45, 2.75) is 122 Å². The standard InChI is InChI=1S/C29H48N6O6/c1-6-19(22(36)26(39)31-18-14-15-18)32-28(41)35-16-10-13-20(35)24(37)34-23(29(2,3)4)27(40)33-21(25(38)30-5)17-11-8-7-9-12-17/h17-21,23H,6-16H2,1-5H3,(H,30,38)(H,31,39)(H,32,41)(H,33,40)(H,34,37)/t19-,20+,21-,23+/m0/s1. The number of nitrogens with one attached hydrogen (secondary N) is 5. The molecule has 4 atom stereocenters. The number of rotatable bonds is 11. The number of ketones is 1. The monoisotopic (exact) mass is 576 g/mol. The van der Waals surface area contributed by atoms with Gasteiger partial charge in [-0.3, -0.25) is 24.0 Å². The first-order valence-corrected chi connectivity index (χ1v) is 15.1. The predicted octanol–water partition coefficient (Wildman–Crippen LogP) is 1.13.